The van der Waals surface area contributed by atoms with Crippen LogP contribution in [0.2, 0.25) is 0 Å². The maximum atomic E-state index is 6.10. The average molecular weight is 668 g/mol. The molecule has 0 radical (unpaired) electrons. The first-order valence-corrected chi connectivity index (χ1v) is 17.7. The number of hydrogen-bond donors (Lipinski definition) is 1. The van der Waals surface area contributed by atoms with Crippen molar-refractivity contribution in [2.24, 2.45) is 0 Å². The molecule has 8 aromatic carbocycles. The number of nitrogens with zero attached hydrogens (tertiary/aromatic N) is 2. The summed E-state index contributed by atoms with van der Waals surface area (Å²) in [6, 6.07) is 69.4. The fraction of sp³-hybridized carbons (Fsp3) is 0.0204. The van der Waals surface area contributed by atoms with E-state index in [0.29, 0.717) is 0 Å². The largest absolute Gasteiger partial charge is 0.399 e. The molecule has 1 heterocycles. The molecule has 9 rings (SSSR count). The Kier molecular flexibility index (Phi) is 7.87. The SMILES string of the molecule is Cc1cccc(N(c2ccccc2)c2ccc(-c3ccc(-c4cc(-n5c6ccccc6c6ccccc65)ccc4-c4ccc(N)cc4)cc3)cc2)c1. The van der Waals surface area contributed by atoms with Gasteiger partial charge in [0.15, 0.2) is 0 Å². The molecule has 0 saturated carbocycles. The lowest BCUT2D eigenvalue weighted by Gasteiger charge is -2.26. The van der Waals surface area contributed by atoms with E-state index in [1.165, 1.54) is 49.6 Å². The van der Waals surface area contributed by atoms with E-state index in [-0.39, 0.29) is 0 Å². The highest BCUT2D eigenvalue weighted by molar-refractivity contribution is 6.09. The summed E-state index contributed by atoms with van der Waals surface area (Å²) in [5, 5.41) is 2.51. The Hall–Kier alpha value is -6.84. The van der Waals surface area contributed by atoms with Crippen LogP contribution in [-0.2, 0) is 0 Å². The van der Waals surface area contributed by atoms with Crippen LogP contribution in [0.4, 0.5) is 22.7 Å². The zero-order chi connectivity index (χ0) is 35.0. The highest BCUT2D eigenvalue weighted by atomic mass is 15.1. The Labute approximate surface area is 304 Å². The first-order valence-electron chi connectivity index (χ1n) is 17.7. The van der Waals surface area contributed by atoms with Gasteiger partial charge in [0, 0.05) is 39.2 Å². The minimum Gasteiger partial charge on any atom is -0.399 e. The van der Waals surface area contributed by atoms with Gasteiger partial charge in [0.25, 0.3) is 0 Å². The molecule has 3 nitrogen and oxygen atoms in total. The van der Waals surface area contributed by atoms with Crippen molar-refractivity contribution in [3.05, 3.63) is 200 Å². The summed E-state index contributed by atoms with van der Waals surface area (Å²) >= 11 is 0. The van der Waals surface area contributed by atoms with Gasteiger partial charge in [-0.25, -0.2) is 0 Å². The Balaban J connectivity index is 1.11. The number of benzene rings is 8. The maximum absolute atomic E-state index is 6.10. The third-order valence-electron chi connectivity index (χ3n) is 9.99. The summed E-state index contributed by atoms with van der Waals surface area (Å²) in [4.78, 5) is 2.31. The van der Waals surface area contributed by atoms with Crippen molar-refractivity contribution in [3.63, 3.8) is 0 Å². The minimum atomic E-state index is 0.758. The first-order chi connectivity index (χ1) is 25.6. The lowest BCUT2D eigenvalue weighted by Crippen LogP contribution is -2.09. The average Bonchev–Trinajstić information content (AvgIpc) is 3.53. The Bertz CT molecular complexity index is 2620. The van der Waals surface area contributed by atoms with Crippen LogP contribution in [0.1, 0.15) is 5.56 Å². The molecule has 3 heteroatoms. The molecule has 0 unspecified atom stereocenters. The van der Waals surface area contributed by atoms with E-state index in [1.807, 2.05) is 12.1 Å². The number of aromatic nitrogens is 1. The van der Waals surface area contributed by atoms with Gasteiger partial charge >= 0.3 is 0 Å². The lowest BCUT2D eigenvalue weighted by molar-refractivity contribution is 1.18. The summed E-state index contributed by atoms with van der Waals surface area (Å²) in [6.07, 6.45) is 0. The van der Waals surface area contributed by atoms with E-state index >= 15 is 0 Å². The predicted molar refractivity (Wildman–Crippen MR) is 221 cm³/mol. The van der Waals surface area contributed by atoms with Gasteiger partial charge in [-0.2, -0.15) is 0 Å². The smallest absolute Gasteiger partial charge is 0.0541 e. The van der Waals surface area contributed by atoms with Gasteiger partial charge in [-0.1, -0.05) is 121 Å². The number of nitrogens with two attached hydrogens (primary N) is 1. The maximum Gasteiger partial charge on any atom is 0.0541 e. The molecule has 0 aliphatic carbocycles. The molecule has 0 spiro atoms. The molecule has 0 bridgehead atoms. The molecule has 9 aromatic rings. The number of fused-ring (bicyclic) bond motifs is 3. The Morgan fingerprint density at radius 2 is 0.923 bits per heavy atom. The lowest BCUT2D eigenvalue weighted by atomic mass is 9.92. The molecule has 52 heavy (non-hydrogen) atoms. The first kappa shape index (κ1) is 31.2. The van der Waals surface area contributed by atoms with Crippen LogP contribution in [0.3, 0.4) is 0 Å². The second-order valence-electron chi connectivity index (χ2n) is 13.4. The fourth-order valence-corrected chi connectivity index (χ4v) is 7.46. The number of nitrogen functional groups attached to an aromatic ring is 1. The van der Waals surface area contributed by atoms with Crippen molar-refractivity contribution < 1.29 is 0 Å². The molecule has 0 saturated heterocycles. The van der Waals surface area contributed by atoms with Gasteiger partial charge in [0.2, 0.25) is 0 Å². The van der Waals surface area contributed by atoms with Crippen molar-refractivity contribution >= 4 is 44.6 Å². The third kappa shape index (κ3) is 5.69. The van der Waals surface area contributed by atoms with Crippen LogP contribution in [0.15, 0.2) is 194 Å². The quantitative estimate of drug-likeness (QED) is 0.172. The second kappa shape index (κ2) is 13.1. The van der Waals surface area contributed by atoms with Gasteiger partial charge in [0.05, 0.1) is 11.0 Å². The molecular formula is C49H37N3. The summed E-state index contributed by atoms with van der Waals surface area (Å²) in [7, 11) is 0. The van der Waals surface area contributed by atoms with Crippen molar-refractivity contribution in [2.45, 2.75) is 6.92 Å². The zero-order valence-corrected chi connectivity index (χ0v) is 28.9. The minimum absolute atomic E-state index is 0.758. The fourth-order valence-electron chi connectivity index (χ4n) is 7.46. The molecule has 248 valence electrons. The highest BCUT2D eigenvalue weighted by Gasteiger charge is 2.16. The van der Waals surface area contributed by atoms with Gasteiger partial charge in [-0.15, -0.1) is 0 Å². The van der Waals surface area contributed by atoms with E-state index in [4.69, 9.17) is 5.73 Å². The van der Waals surface area contributed by atoms with Gasteiger partial charge in [-0.05, 0) is 119 Å². The van der Waals surface area contributed by atoms with Crippen LogP contribution in [-0.4, -0.2) is 4.57 Å². The van der Waals surface area contributed by atoms with Crippen molar-refractivity contribution in [1.29, 1.82) is 0 Å². The molecular weight excluding hydrogens is 631 g/mol. The number of rotatable bonds is 7. The van der Waals surface area contributed by atoms with Crippen molar-refractivity contribution in [2.75, 3.05) is 10.6 Å². The molecule has 0 fully saturated rings. The van der Waals surface area contributed by atoms with Crippen LogP contribution >= 0.6 is 0 Å². The standard InChI is InChI=1S/C49H37N3/c1-34-10-9-13-42(32-34)51(40-11-3-2-4-12-40)41-28-24-36(25-29-41)35-18-20-38(21-19-35)47-33-43(30-31-44(47)37-22-26-39(50)27-23-37)52-48-16-7-5-14-45(48)46-15-6-8-17-49(46)52/h2-33H,50H2,1H3. The molecule has 0 aliphatic heterocycles. The number of anilines is 4. The van der Waals surface area contributed by atoms with Gasteiger partial charge in [0.1, 0.15) is 0 Å². The second-order valence-corrected chi connectivity index (χ2v) is 13.4. The number of para-hydroxylation sites is 3. The van der Waals surface area contributed by atoms with E-state index in [0.717, 1.165) is 39.6 Å². The summed E-state index contributed by atoms with van der Waals surface area (Å²) < 4.78 is 2.38. The molecule has 0 aliphatic rings. The topological polar surface area (TPSA) is 34.2 Å². The van der Waals surface area contributed by atoms with E-state index in [1.54, 1.807) is 0 Å². The van der Waals surface area contributed by atoms with Crippen LogP contribution in [0, 0.1) is 6.92 Å². The predicted octanol–water partition coefficient (Wildman–Crippen LogP) is 13.1. The Morgan fingerprint density at radius 1 is 0.404 bits per heavy atom. The monoisotopic (exact) mass is 667 g/mol. The van der Waals surface area contributed by atoms with Gasteiger partial charge in [-0.3, -0.25) is 0 Å². The Morgan fingerprint density at radius 3 is 1.58 bits per heavy atom. The summed E-state index contributed by atoms with van der Waals surface area (Å²) in [6.45, 7) is 2.14. The van der Waals surface area contributed by atoms with Crippen LogP contribution < -0.4 is 10.6 Å². The summed E-state index contributed by atoms with van der Waals surface area (Å²) in [5.74, 6) is 0. The molecule has 0 amide bonds. The normalized spacial score (nSPS) is 11.2. The van der Waals surface area contributed by atoms with Crippen molar-refractivity contribution in [1.82, 2.24) is 4.57 Å². The highest BCUT2D eigenvalue weighted by Crippen LogP contribution is 2.39. The molecule has 0 atom stereocenters. The van der Waals surface area contributed by atoms with Crippen molar-refractivity contribution in [3.8, 4) is 39.1 Å². The molecule has 2 N–H and O–H groups in total. The van der Waals surface area contributed by atoms with Crippen LogP contribution in [0.5, 0.6) is 0 Å². The summed E-state index contributed by atoms with van der Waals surface area (Å²) in [5.41, 5.74) is 22.0. The van der Waals surface area contributed by atoms with Gasteiger partial charge < -0.3 is 15.2 Å². The van der Waals surface area contributed by atoms with Crippen LogP contribution in [0.25, 0.3) is 60.9 Å². The number of hydrogen-bond acceptors (Lipinski definition) is 2. The van der Waals surface area contributed by atoms with E-state index in [2.05, 4.69) is 198 Å². The third-order valence-corrected chi connectivity index (χ3v) is 9.99. The molecule has 1 aromatic heterocycles. The van der Waals surface area contributed by atoms with E-state index in [9.17, 15) is 0 Å². The number of aryl methyl sites for hydroxylation is 1. The van der Waals surface area contributed by atoms with E-state index < -0.39 is 0 Å². The zero-order valence-electron chi connectivity index (χ0n) is 28.9.